The van der Waals surface area contributed by atoms with Crippen LogP contribution in [0.15, 0.2) is 54.9 Å². The van der Waals surface area contributed by atoms with E-state index in [-0.39, 0.29) is 38.0 Å². The molecule has 1 atom stereocenters. The molecule has 1 amide bonds. The predicted molar refractivity (Wildman–Crippen MR) is 151 cm³/mol. The average molecular weight is 571 g/mol. The monoisotopic (exact) mass is 570 g/mol. The third kappa shape index (κ3) is 8.42. The van der Waals surface area contributed by atoms with Crippen LogP contribution in [0.25, 0.3) is 0 Å². The fourth-order valence-corrected chi connectivity index (χ4v) is 4.94. The molecule has 10 nitrogen and oxygen atoms in total. The molecule has 4 rings (SSSR count). The van der Waals surface area contributed by atoms with E-state index in [9.17, 15) is 14.3 Å². The lowest BCUT2D eigenvalue weighted by molar-refractivity contribution is -0.138. The van der Waals surface area contributed by atoms with Crippen LogP contribution in [-0.2, 0) is 29.0 Å². The van der Waals surface area contributed by atoms with Crippen LogP contribution < -0.4 is 14.2 Å². The topological polar surface area (TPSA) is 98.5 Å². The minimum Gasteiger partial charge on any atom is -0.493 e. The molecule has 1 saturated heterocycles. The van der Waals surface area contributed by atoms with Crippen LogP contribution in [0.3, 0.4) is 0 Å². The van der Waals surface area contributed by atoms with Gasteiger partial charge in [-0.05, 0) is 42.0 Å². The Labute approximate surface area is 240 Å². The Morgan fingerprint density at radius 1 is 1.07 bits per heavy atom. The van der Waals surface area contributed by atoms with Crippen molar-refractivity contribution in [3.8, 4) is 17.2 Å². The number of aliphatic hydroxyl groups is 1. The molecule has 1 fully saturated rings. The smallest absolute Gasteiger partial charge is 0.248 e. The first-order valence-electron chi connectivity index (χ1n) is 13.7. The molecule has 0 radical (unpaired) electrons. The number of hydrogen-bond acceptors (Lipinski definition) is 8. The molecule has 11 heteroatoms. The van der Waals surface area contributed by atoms with Gasteiger partial charge in [-0.2, -0.15) is 0 Å². The van der Waals surface area contributed by atoms with Gasteiger partial charge in [-0.15, -0.1) is 0 Å². The maximum Gasteiger partial charge on any atom is 0.248 e. The van der Waals surface area contributed by atoms with Gasteiger partial charge in [0.05, 0.1) is 20.2 Å². The molecule has 0 saturated carbocycles. The molecule has 0 spiro atoms. The summed E-state index contributed by atoms with van der Waals surface area (Å²) < 4.78 is 37.9. The number of methoxy groups -OCH3 is 2. The number of aromatic nitrogens is 2. The molecule has 41 heavy (non-hydrogen) atoms. The molecule has 222 valence electrons. The van der Waals surface area contributed by atoms with Crippen molar-refractivity contribution in [1.29, 1.82) is 0 Å². The lowest BCUT2D eigenvalue weighted by Crippen LogP contribution is -2.52. The normalized spacial score (nSPS) is 17.7. The number of ether oxygens (including phenoxy) is 4. The minimum atomic E-state index is -1.37. The largest absolute Gasteiger partial charge is 0.493 e. The van der Waals surface area contributed by atoms with Crippen molar-refractivity contribution in [2.45, 2.75) is 32.0 Å². The number of aryl methyl sites for hydroxylation is 1. The number of halogens is 1. The van der Waals surface area contributed by atoms with E-state index in [0.29, 0.717) is 50.0 Å². The predicted octanol–water partition coefficient (Wildman–Crippen LogP) is 2.77. The van der Waals surface area contributed by atoms with Crippen molar-refractivity contribution >= 4 is 5.91 Å². The number of rotatable bonds is 13. The molecule has 1 unspecified atom stereocenters. The Morgan fingerprint density at radius 3 is 2.61 bits per heavy atom. The summed E-state index contributed by atoms with van der Waals surface area (Å²) in [7, 11) is 3.07. The quantitative estimate of drug-likeness (QED) is 0.335. The summed E-state index contributed by atoms with van der Waals surface area (Å²) in [4.78, 5) is 20.7. The number of β-amino-alcohol motifs (C(OH)–C–C–N with tert-alkyl or cyclic N) is 1. The Kier molecular flexibility index (Phi) is 10.6. The van der Waals surface area contributed by atoms with E-state index in [1.54, 1.807) is 18.2 Å². The first-order chi connectivity index (χ1) is 19.8. The fraction of sp³-hybridized carbons (Fsp3) is 0.467. The zero-order valence-electron chi connectivity index (χ0n) is 23.9. The van der Waals surface area contributed by atoms with Crippen molar-refractivity contribution in [2.24, 2.45) is 0 Å². The summed E-state index contributed by atoms with van der Waals surface area (Å²) in [5.74, 6) is 2.13. The first kappa shape index (κ1) is 30.3. The van der Waals surface area contributed by atoms with Gasteiger partial charge >= 0.3 is 0 Å². The van der Waals surface area contributed by atoms with Crippen LogP contribution in [0.2, 0.25) is 0 Å². The van der Waals surface area contributed by atoms with Gasteiger partial charge in [0.25, 0.3) is 0 Å². The van der Waals surface area contributed by atoms with Gasteiger partial charge in [0.1, 0.15) is 42.8 Å². The van der Waals surface area contributed by atoms with Crippen molar-refractivity contribution in [3.05, 3.63) is 72.1 Å². The number of benzene rings is 2. The average Bonchev–Trinajstić information content (AvgIpc) is 3.35. The van der Waals surface area contributed by atoms with E-state index >= 15 is 0 Å². The molecule has 1 N–H and O–H groups in total. The fourth-order valence-electron chi connectivity index (χ4n) is 4.94. The summed E-state index contributed by atoms with van der Waals surface area (Å²) in [6.45, 7) is 4.89. The second kappa shape index (κ2) is 14.3. The third-order valence-corrected chi connectivity index (χ3v) is 6.97. The molecule has 2 heterocycles. The lowest BCUT2D eigenvalue weighted by Gasteiger charge is -2.33. The van der Waals surface area contributed by atoms with Gasteiger partial charge < -0.3 is 33.5 Å². The van der Waals surface area contributed by atoms with Gasteiger partial charge in [0, 0.05) is 52.1 Å². The third-order valence-electron chi connectivity index (χ3n) is 6.97. The number of nitrogens with zero attached hydrogens (tertiary/aromatic N) is 4. The molecular formula is C30H39FN4O6. The van der Waals surface area contributed by atoms with Crippen LogP contribution in [0.1, 0.15) is 18.3 Å². The Balaban J connectivity index is 1.43. The van der Waals surface area contributed by atoms with Crippen LogP contribution in [0.5, 0.6) is 17.2 Å². The lowest BCUT2D eigenvalue weighted by atomic mass is 10.0. The SMILES string of the molecule is CCc1nccn1CCOc1ccc(CN2CCN(C(=O)COC)CC(O)(COc3ccc(F)cc3)C2)cc1OC. The van der Waals surface area contributed by atoms with E-state index in [0.717, 1.165) is 17.8 Å². The first-order valence-corrected chi connectivity index (χ1v) is 13.7. The summed E-state index contributed by atoms with van der Waals surface area (Å²) >= 11 is 0. The molecule has 2 aromatic carbocycles. The van der Waals surface area contributed by atoms with Crippen molar-refractivity contribution in [3.63, 3.8) is 0 Å². The van der Waals surface area contributed by atoms with Crippen molar-refractivity contribution in [2.75, 3.05) is 60.2 Å². The highest BCUT2D eigenvalue weighted by atomic mass is 19.1. The summed E-state index contributed by atoms with van der Waals surface area (Å²) in [6, 6.07) is 11.4. The maximum atomic E-state index is 13.3. The summed E-state index contributed by atoms with van der Waals surface area (Å²) in [5, 5.41) is 11.6. The van der Waals surface area contributed by atoms with Crippen molar-refractivity contribution < 1.29 is 33.2 Å². The second-order valence-corrected chi connectivity index (χ2v) is 10.1. The molecule has 3 aromatic rings. The zero-order chi connectivity index (χ0) is 29.2. The summed E-state index contributed by atoms with van der Waals surface area (Å²) in [6.07, 6.45) is 4.59. The highest BCUT2D eigenvalue weighted by molar-refractivity contribution is 5.77. The summed E-state index contributed by atoms with van der Waals surface area (Å²) in [5.41, 5.74) is -0.401. The Morgan fingerprint density at radius 2 is 1.88 bits per heavy atom. The number of carbonyl (C=O) groups excluding carboxylic acids is 1. The second-order valence-electron chi connectivity index (χ2n) is 10.1. The van der Waals surface area contributed by atoms with Crippen LogP contribution in [-0.4, -0.2) is 96.2 Å². The van der Waals surface area contributed by atoms with Gasteiger partial charge in [0.15, 0.2) is 11.5 Å². The van der Waals surface area contributed by atoms with Gasteiger partial charge in [-0.3, -0.25) is 9.69 Å². The maximum absolute atomic E-state index is 13.3. The Bertz CT molecular complexity index is 1270. The van der Waals surface area contributed by atoms with Crippen LogP contribution in [0, 0.1) is 5.82 Å². The van der Waals surface area contributed by atoms with Crippen LogP contribution >= 0.6 is 0 Å². The Hall–Kier alpha value is -3.67. The molecular weight excluding hydrogens is 531 g/mol. The zero-order valence-corrected chi connectivity index (χ0v) is 23.9. The van der Waals surface area contributed by atoms with Crippen molar-refractivity contribution in [1.82, 2.24) is 19.4 Å². The number of carbonyl (C=O) groups is 1. The minimum absolute atomic E-state index is 0.0708. The number of imidazole rings is 1. The van der Waals surface area contributed by atoms with E-state index in [1.807, 2.05) is 24.4 Å². The highest BCUT2D eigenvalue weighted by Crippen LogP contribution is 2.29. The van der Waals surface area contributed by atoms with Gasteiger partial charge in [-0.25, -0.2) is 9.37 Å². The van der Waals surface area contributed by atoms with Crippen LogP contribution in [0.4, 0.5) is 4.39 Å². The van der Waals surface area contributed by atoms with E-state index in [4.69, 9.17) is 18.9 Å². The highest BCUT2D eigenvalue weighted by Gasteiger charge is 2.37. The molecule has 0 bridgehead atoms. The molecule has 1 aliphatic rings. The van der Waals surface area contributed by atoms with E-state index in [2.05, 4.69) is 21.4 Å². The number of hydrogen-bond donors (Lipinski definition) is 1. The van der Waals surface area contributed by atoms with Gasteiger partial charge in [-0.1, -0.05) is 13.0 Å². The molecule has 0 aliphatic carbocycles. The van der Waals surface area contributed by atoms with Gasteiger partial charge in [0.2, 0.25) is 5.91 Å². The molecule has 1 aromatic heterocycles. The standard InChI is InChI=1S/C30H39FN4O6/c1-4-28-32-11-12-34(28)15-16-40-26-10-5-23(17-27(26)39-3)18-33-13-14-35(29(36)19-38-2)21-30(37,20-33)22-41-25-8-6-24(31)7-9-25/h5-12,17,37H,4,13-16,18-22H2,1-3H3. The number of amides is 1. The van der Waals surface area contributed by atoms with E-state index < -0.39 is 5.60 Å². The molecule has 1 aliphatic heterocycles. The van der Waals surface area contributed by atoms with E-state index in [1.165, 1.54) is 31.4 Å².